The average molecular weight is 419 g/mol. The average Bonchev–Trinajstić information content (AvgIpc) is 3.37. The molecule has 2 aliphatic heterocycles. The summed E-state index contributed by atoms with van der Waals surface area (Å²) in [6, 6.07) is 10.3. The van der Waals surface area contributed by atoms with Gasteiger partial charge in [0.1, 0.15) is 0 Å². The van der Waals surface area contributed by atoms with Gasteiger partial charge in [0.2, 0.25) is 5.91 Å². The minimum absolute atomic E-state index is 0. The summed E-state index contributed by atoms with van der Waals surface area (Å²) in [6.07, 6.45) is 6.01. The second kappa shape index (κ2) is 10.2. The molecule has 3 heterocycles. The van der Waals surface area contributed by atoms with E-state index < -0.39 is 0 Å². The summed E-state index contributed by atoms with van der Waals surface area (Å²) in [5, 5.41) is 7.74. The van der Waals surface area contributed by atoms with Crippen LogP contribution in [0.4, 0.5) is 0 Å². The highest BCUT2D eigenvalue weighted by atomic mass is 35.5. The third-order valence-corrected chi connectivity index (χ3v) is 6.03. The van der Waals surface area contributed by atoms with Crippen LogP contribution in [0.1, 0.15) is 29.9 Å². The lowest BCUT2D eigenvalue weighted by Gasteiger charge is -2.32. The first-order valence-electron chi connectivity index (χ1n) is 10.3. The number of aryl methyl sites for hydroxylation is 1. The molecular formula is C22H31ClN4O2. The van der Waals surface area contributed by atoms with Crippen LogP contribution in [0.15, 0.2) is 42.7 Å². The molecule has 0 saturated carbocycles. The quantitative estimate of drug-likeness (QED) is 0.783. The maximum Gasteiger partial charge on any atom is 0.227 e. The lowest BCUT2D eigenvalue weighted by atomic mass is 9.89. The molecule has 0 bridgehead atoms. The highest BCUT2D eigenvalue weighted by Crippen LogP contribution is 2.30. The molecular weight excluding hydrogens is 388 g/mol. The fourth-order valence-electron chi connectivity index (χ4n) is 4.43. The number of rotatable bonds is 6. The molecule has 2 saturated heterocycles. The topological polar surface area (TPSA) is 59.4 Å². The third kappa shape index (κ3) is 5.38. The highest BCUT2D eigenvalue weighted by Gasteiger charge is 2.37. The summed E-state index contributed by atoms with van der Waals surface area (Å²) in [6.45, 7) is 4.67. The molecule has 2 fully saturated rings. The number of amides is 1. The van der Waals surface area contributed by atoms with Crippen molar-refractivity contribution in [2.45, 2.75) is 25.3 Å². The van der Waals surface area contributed by atoms with Crippen LogP contribution in [0.2, 0.25) is 0 Å². The van der Waals surface area contributed by atoms with Crippen molar-refractivity contribution in [3.63, 3.8) is 0 Å². The van der Waals surface area contributed by atoms with Crippen molar-refractivity contribution in [2.24, 2.45) is 18.9 Å². The van der Waals surface area contributed by atoms with Crippen LogP contribution >= 0.6 is 12.4 Å². The summed E-state index contributed by atoms with van der Waals surface area (Å²) in [5.41, 5.74) is 2.34. The molecule has 7 heteroatoms. The minimum Gasteiger partial charge on any atom is -0.381 e. The van der Waals surface area contributed by atoms with E-state index >= 15 is 0 Å². The number of hydrogen-bond donors (Lipinski definition) is 1. The van der Waals surface area contributed by atoms with Gasteiger partial charge in [-0.05, 0) is 29.9 Å². The standard InChI is InChI=1S/C22H30N4O2.ClH/c1-25-16-19(11-24-25)20-12-23-13-21(20)22(27)26(14-17-5-3-2-4-6-17)15-18-7-9-28-10-8-18;/h2-6,11,16,18,20-21,23H,7-10,12-15H2,1H3;1H/t20-,21+;/m1./s1. The molecule has 0 unspecified atom stereocenters. The maximum absolute atomic E-state index is 13.6. The van der Waals surface area contributed by atoms with Crippen LogP contribution in [0.25, 0.3) is 0 Å². The lowest BCUT2D eigenvalue weighted by molar-refractivity contribution is -0.137. The number of halogens is 1. The zero-order valence-electron chi connectivity index (χ0n) is 17.0. The van der Waals surface area contributed by atoms with Gasteiger partial charge in [-0.15, -0.1) is 12.4 Å². The third-order valence-electron chi connectivity index (χ3n) is 6.03. The summed E-state index contributed by atoms with van der Waals surface area (Å²) >= 11 is 0. The number of benzene rings is 1. The molecule has 1 amide bonds. The first-order valence-corrected chi connectivity index (χ1v) is 10.3. The Morgan fingerprint density at radius 1 is 1.24 bits per heavy atom. The monoisotopic (exact) mass is 418 g/mol. The molecule has 0 aliphatic carbocycles. The van der Waals surface area contributed by atoms with Crippen LogP contribution in [-0.4, -0.2) is 53.4 Å². The SMILES string of the molecule is Cl.Cn1cc([C@H]2CNC[C@@H]2C(=O)N(Cc2ccccc2)CC2CCOCC2)cn1. The number of carbonyl (C=O) groups excluding carboxylic acids is 1. The molecule has 4 rings (SSSR count). The van der Waals surface area contributed by atoms with Crippen LogP contribution < -0.4 is 5.32 Å². The summed E-state index contributed by atoms with van der Waals surface area (Å²) < 4.78 is 7.33. The van der Waals surface area contributed by atoms with Gasteiger partial charge in [0.05, 0.1) is 12.1 Å². The van der Waals surface area contributed by atoms with Crippen molar-refractivity contribution in [1.29, 1.82) is 0 Å². The highest BCUT2D eigenvalue weighted by molar-refractivity contribution is 5.85. The van der Waals surface area contributed by atoms with Crippen LogP contribution in [0.3, 0.4) is 0 Å². The Hall–Kier alpha value is -1.89. The van der Waals surface area contributed by atoms with Crippen molar-refractivity contribution in [1.82, 2.24) is 20.0 Å². The Kier molecular flexibility index (Phi) is 7.70. The molecule has 1 aromatic carbocycles. The normalized spacial score (nSPS) is 22.2. The number of nitrogens with one attached hydrogen (secondary N) is 1. The second-order valence-electron chi connectivity index (χ2n) is 8.08. The van der Waals surface area contributed by atoms with E-state index in [1.54, 1.807) is 0 Å². The van der Waals surface area contributed by atoms with E-state index in [-0.39, 0.29) is 30.2 Å². The van der Waals surface area contributed by atoms with Crippen LogP contribution in [0.5, 0.6) is 0 Å². The number of carbonyl (C=O) groups is 1. The van der Waals surface area contributed by atoms with E-state index in [9.17, 15) is 4.79 Å². The van der Waals surface area contributed by atoms with Gasteiger partial charge in [-0.1, -0.05) is 30.3 Å². The Labute approximate surface area is 179 Å². The van der Waals surface area contributed by atoms with Gasteiger partial charge in [0.15, 0.2) is 0 Å². The van der Waals surface area contributed by atoms with Crippen molar-refractivity contribution >= 4 is 18.3 Å². The molecule has 6 nitrogen and oxygen atoms in total. The molecule has 2 aliphatic rings. The number of ether oxygens (including phenoxy) is 1. The molecule has 29 heavy (non-hydrogen) atoms. The molecule has 0 radical (unpaired) electrons. The van der Waals surface area contributed by atoms with Gasteiger partial charge in [0.25, 0.3) is 0 Å². The zero-order valence-corrected chi connectivity index (χ0v) is 17.8. The molecule has 2 aromatic rings. The van der Waals surface area contributed by atoms with Gasteiger partial charge in [-0.3, -0.25) is 9.48 Å². The lowest BCUT2D eigenvalue weighted by Crippen LogP contribution is -2.42. The number of aromatic nitrogens is 2. The number of hydrogen-bond acceptors (Lipinski definition) is 4. The van der Waals surface area contributed by atoms with E-state index in [4.69, 9.17) is 4.74 Å². The summed E-state index contributed by atoms with van der Waals surface area (Å²) in [5.74, 6) is 0.934. The van der Waals surface area contributed by atoms with Gasteiger partial charge < -0.3 is 15.0 Å². The largest absolute Gasteiger partial charge is 0.381 e. The van der Waals surface area contributed by atoms with Crippen LogP contribution in [0, 0.1) is 11.8 Å². The Morgan fingerprint density at radius 2 is 2.00 bits per heavy atom. The predicted molar refractivity (Wildman–Crippen MR) is 115 cm³/mol. The Bertz CT molecular complexity index is 776. The first kappa shape index (κ1) is 21.8. The van der Waals surface area contributed by atoms with Crippen molar-refractivity contribution in [3.05, 3.63) is 53.9 Å². The van der Waals surface area contributed by atoms with E-state index in [1.807, 2.05) is 42.3 Å². The fourth-order valence-corrected chi connectivity index (χ4v) is 4.43. The molecule has 2 atom stereocenters. The van der Waals surface area contributed by atoms with Gasteiger partial charge >= 0.3 is 0 Å². The van der Waals surface area contributed by atoms with Crippen molar-refractivity contribution < 1.29 is 9.53 Å². The minimum atomic E-state index is -0.0345. The fraction of sp³-hybridized carbons (Fsp3) is 0.545. The zero-order chi connectivity index (χ0) is 19.3. The van der Waals surface area contributed by atoms with E-state index in [0.29, 0.717) is 12.5 Å². The predicted octanol–water partition coefficient (Wildman–Crippen LogP) is 2.60. The second-order valence-corrected chi connectivity index (χ2v) is 8.08. The first-order chi connectivity index (χ1) is 13.7. The van der Waals surface area contributed by atoms with E-state index in [0.717, 1.165) is 51.3 Å². The van der Waals surface area contributed by atoms with E-state index in [1.165, 1.54) is 5.56 Å². The van der Waals surface area contributed by atoms with Crippen LogP contribution in [-0.2, 0) is 23.1 Å². The van der Waals surface area contributed by atoms with Gasteiger partial charge in [-0.25, -0.2) is 0 Å². The van der Waals surface area contributed by atoms with E-state index in [2.05, 4.69) is 27.4 Å². The summed E-state index contributed by atoms with van der Waals surface area (Å²) in [7, 11) is 1.93. The summed E-state index contributed by atoms with van der Waals surface area (Å²) in [4.78, 5) is 15.7. The number of nitrogens with zero attached hydrogens (tertiary/aromatic N) is 3. The van der Waals surface area contributed by atoms with Crippen molar-refractivity contribution in [3.8, 4) is 0 Å². The molecule has 0 spiro atoms. The molecule has 1 aromatic heterocycles. The molecule has 158 valence electrons. The van der Waals surface area contributed by atoms with Crippen molar-refractivity contribution in [2.75, 3.05) is 32.8 Å². The Balaban J connectivity index is 0.00000240. The van der Waals surface area contributed by atoms with Gasteiger partial charge in [0, 0.05) is 58.6 Å². The Morgan fingerprint density at radius 3 is 2.69 bits per heavy atom. The van der Waals surface area contributed by atoms with Gasteiger partial charge in [-0.2, -0.15) is 5.10 Å². The molecule has 1 N–H and O–H groups in total. The maximum atomic E-state index is 13.6. The smallest absolute Gasteiger partial charge is 0.227 e.